The zero-order valence-corrected chi connectivity index (χ0v) is 12.8. The molecule has 1 aromatic carbocycles. The molecule has 0 saturated carbocycles. The third-order valence-electron chi connectivity index (χ3n) is 3.40. The van der Waals surface area contributed by atoms with Crippen molar-refractivity contribution in [2.45, 2.75) is 19.9 Å². The van der Waals surface area contributed by atoms with Crippen molar-refractivity contribution in [2.75, 3.05) is 5.32 Å². The number of carbonyl (C=O) groups excluding carboxylic acids is 1. The molecule has 0 aliphatic heterocycles. The number of H-pyrrole nitrogens is 1. The molecule has 0 aliphatic rings. The number of nitro groups is 1. The van der Waals surface area contributed by atoms with Crippen molar-refractivity contribution in [1.29, 1.82) is 0 Å². The fraction of sp³-hybridized carbons (Fsp3) is 0.308. The second kappa shape index (κ2) is 6.30. The highest BCUT2D eigenvalue weighted by Gasteiger charge is 2.18. The first-order valence-corrected chi connectivity index (χ1v) is 6.74. The lowest BCUT2D eigenvalue weighted by atomic mass is 10.1. The molecule has 2 amide bonds. The molecule has 122 valence electrons. The molecule has 1 atom stereocenters. The van der Waals surface area contributed by atoms with Gasteiger partial charge in [-0.3, -0.25) is 14.7 Å². The van der Waals surface area contributed by atoms with E-state index in [4.69, 9.17) is 0 Å². The molecule has 2 rings (SSSR count). The van der Waals surface area contributed by atoms with Gasteiger partial charge in [-0.1, -0.05) is 6.07 Å². The normalized spacial score (nSPS) is 11.8. The average Bonchev–Trinajstić information content (AvgIpc) is 2.81. The minimum absolute atomic E-state index is 0.0782. The molecule has 2 aromatic rings. The van der Waals surface area contributed by atoms with Crippen LogP contribution in [0.5, 0.6) is 0 Å². The molecule has 0 saturated heterocycles. The number of nitrogens with zero attached hydrogens (tertiary/aromatic N) is 3. The summed E-state index contributed by atoms with van der Waals surface area (Å²) >= 11 is 0. The number of rotatable bonds is 4. The maximum atomic E-state index is 12.0. The van der Waals surface area contributed by atoms with Gasteiger partial charge in [-0.15, -0.1) is 0 Å². The molecule has 1 unspecified atom stereocenters. The average molecular weight is 320 g/mol. The van der Waals surface area contributed by atoms with Gasteiger partial charge in [0.2, 0.25) is 0 Å². The number of aromatic amines is 1. The molecule has 10 heteroatoms. The van der Waals surface area contributed by atoms with Crippen LogP contribution in [-0.4, -0.2) is 25.7 Å². The number of aromatic nitrogens is 3. The van der Waals surface area contributed by atoms with Crippen LogP contribution in [0.25, 0.3) is 0 Å². The van der Waals surface area contributed by atoms with E-state index in [1.165, 1.54) is 23.7 Å². The third kappa shape index (κ3) is 3.36. The minimum atomic E-state index is -0.559. The van der Waals surface area contributed by atoms with Gasteiger partial charge in [0.25, 0.3) is 5.69 Å². The summed E-state index contributed by atoms with van der Waals surface area (Å²) < 4.78 is 1.28. The Morgan fingerprint density at radius 3 is 2.74 bits per heavy atom. The van der Waals surface area contributed by atoms with Gasteiger partial charge in [-0.25, -0.2) is 14.7 Å². The summed E-state index contributed by atoms with van der Waals surface area (Å²) in [6.45, 7) is 3.21. The molecule has 0 radical (unpaired) electrons. The summed E-state index contributed by atoms with van der Waals surface area (Å²) in [5.74, 6) is 0.362. The summed E-state index contributed by atoms with van der Waals surface area (Å²) in [5, 5.41) is 22.2. The predicted molar refractivity (Wildman–Crippen MR) is 82.2 cm³/mol. The highest BCUT2D eigenvalue weighted by atomic mass is 16.6. The fourth-order valence-electron chi connectivity index (χ4n) is 2.12. The molecular weight excluding hydrogens is 304 g/mol. The zero-order valence-electron chi connectivity index (χ0n) is 12.8. The maximum Gasteiger partial charge on any atom is 0.343 e. The minimum Gasteiger partial charge on any atom is -0.328 e. The van der Waals surface area contributed by atoms with Crippen molar-refractivity contribution >= 4 is 17.4 Å². The number of nitro benzene ring substituents is 1. The first-order valence-electron chi connectivity index (χ1n) is 6.74. The number of nitrogens with one attached hydrogen (secondary N) is 3. The molecule has 0 spiro atoms. The Kier molecular flexibility index (Phi) is 4.44. The Hall–Kier alpha value is -3.17. The van der Waals surface area contributed by atoms with Crippen molar-refractivity contribution in [3.05, 3.63) is 50.2 Å². The Morgan fingerprint density at radius 1 is 1.48 bits per heavy atom. The number of anilines is 1. The van der Waals surface area contributed by atoms with Crippen LogP contribution in [0.15, 0.2) is 23.0 Å². The second-order valence-corrected chi connectivity index (χ2v) is 4.97. The number of hydrogen-bond acceptors (Lipinski definition) is 5. The summed E-state index contributed by atoms with van der Waals surface area (Å²) in [7, 11) is 1.53. The molecule has 1 aromatic heterocycles. The van der Waals surface area contributed by atoms with Gasteiger partial charge in [0.15, 0.2) is 5.82 Å². The first-order chi connectivity index (χ1) is 10.8. The SMILES string of the molecule is Cc1c(NC(=O)NC(C)c2n[nH]c(=O)n2C)cccc1[N+](=O)[O-]. The first kappa shape index (κ1) is 16.2. The van der Waals surface area contributed by atoms with Crippen molar-refractivity contribution < 1.29 is 9.72 Å². The summed E-state index contributed by atoms with van der Waals surface area (Å²) in [6.07, 6.45) is 0. The Bertz CT molecular complexity index is 809. The lowest BCUT2D eigenvalue weighted by molar-refractivity contribution is -0.385. The van der Waals surface area contributed by atoms with Crippen LogP contribution in [0.4, 0.5) is 16.2 Å². The monoisotopic (exact) mass is 320 g/mol. The smallest absolute Gasteiger partial charge is 0.328 e. The predicted octanol–water partition coefficient (Wildman–Crippen LogP) is 1.21. The van der Waals surface area contributed by atoms with Gasteiger partial charge in [-0.2, -0.15) is 5.10 Å². The molecule has 0 bridgehead atoms. The Labute approximate surface area is 130 Å². The summed E-state index contributed by atoms with van der Waals surface area (Å²) in [4.78, 5) is 33.7. The van der Waals surface area contributed by atoms with E-state index in [9.17, 15) is 19.7 Å². The van der Waals surface area contributed by atoms with Crippen molar-refractivity contribution in [3.63, 3.8) is 0 Å². The van der Waals surface area contributed by atoms with Crippen molar-refractivity contribution in [2.24, 2.45) is 7.05 Å². The lowest BCUT2D eigenvalue weighted by Gasteiger charge is -2.14. The number of hydrogen-bond donors (Lipinski definition) is 3. The highest BCUT2D eigenvalue weighted by Crippen LogP contribution is 2.25. The van der Waals surface area contributed by atoms with E-state index in [2.05, 4.69) is 20.8 Å². The van der Waals surface area contributed by atoms with E-state index in [0.717, 1.165) is 0 Å². The largest absolute Gasteiger partial charge is 0.343 e. The van der Waals surface area contributed by atoms with E-state index < -0.39 is 17.0 Å². The topological polar surface area (TPSA) is 135 Å². The van der Waals surface area contributed by atoms with E-state index in [1.807, 2.05) is 0 Å². The summed E-state index contributed by atoms with van der Waals surface area (Å²) in [5.41, 5.74) is 0.224. The quantitative estimate of drug-likeness (QED) is 0.574. The van der Waals surface area contributed by atoms with Crippen LogP contribution >= 0.6 is 0 Å². The van der Waals surface area contributed by atoms with Crippen LogP contribution in [-0.2, 0) is 7.05 Å². The fourth-order valence-corrected chi connectivity index (χ4v) is 2.12. The molecule has 1 heterocycles. The van der Waals surface area contributed by atoms with Crippen molar-refractivity contribution in [3.8, 4) is 0 Å². The van der Waals surface area contributed by atoms with Gasteiger partial charge < -0.3 is 10.6 Å². The number of urea groups is 1. The Balaban J connectivity index is 2.11. The molecule has 0 aliphatic carbocycles. The van der Waals surface area contributed by atoms with Gasteiger partial charge in [0.1, 0.15) is 0 Å². The molecule has 0 fully saturated rings. The highest BCUT2D eigenvalue weighted by molar-refractivity contribution is 5.90. The zero-order chi connectivity index (χ0) is 17.1. The van der Waals surface area contributed by atoms with Crippen LogP contribution in [0.3, 0.4) is 0 Å². The molecule has 23 heavy (non-hydrogen) atoms. The van der Waals surface area contributed by atoms with E-state index in [-0.39, 0.29) is 11.4 Å². The van der Waals surface area contributed by atoms with Crippen LogP contribution in [0, 0.1) is 17.0 Å². The van der Waals surface area contributed by atoms with Gasteiger partial charge >= 0.3 is 11.7 Å². The standard InChI is InChI=1S/C13H16N6O4/c1-7-9(5-4-6-10(7)19(22)23)15-12(20)14-8(2)11-16-17-13(21)18(11)3/h4-6,8H,1-3H3,(H,17,21)(H2,14,15,20). The summed E-state index contributed by atoms with van der Waals surface area (Å²) in [6, 6.07) is 3.33. The third-order valence-corrected chi connectivity index (χ3v) is 3.40. The molecule has 3 N–H and O–H groups in total. The van der Waals surface area contributed by atoms with Crippen LogP contribution in [0.2, 0.25) is 0 Å². The lowest BCUT2D eigenvalue weighted by Crippen LogP contribution is -2.33. The number of amides is 2. The van der Waals surface area contributed by atoms with E-state index in [1.54, 1.807) is 19.9 Å². The maximum absolute atomic E-state index is 12.0. The number of benzene rings is 1. The van der Waals surface area contributed by atoms with Gasteiger partial charge in [-0.05, 0) is 19.9 Å². The number of carbonyl (C=O) groups is 1. The van der Waals surface area contributed by atoms with Gasteiger partial charge in [0, 0.05) is 13.1 Å². The second-order valence-electron chi connectivity index (χ2n) is 4.97. The van der Waals surface area contributed by atoms with Crippen molar-refractivity contribution in [1.82, 2.24) is 20.1 Å². The van der Waals surface area contributed by atoms with Crippen LogP contribution < -0.4 is 16.3 Å². The molecule has 10 nitrogen and oxygen atoms in total. The molecular formula is C13H16N6O4. The Morgan fingerprint density at radius 2 is 2.17 bits per heavy atom. The van der Waals surface area contributed by atoms with Gasteiger partial charge in [0.05, 0.1) is 22.2 Å². The van der Waals surface area contributed by atoms with Crippen LogP contribution in [0.1, 0.15) is 24.4 Å². The van der Waals surface area contributed by atoms with E-state index in [0.29, 0.717) is 17.1 Å². The van der Waals surface area contributed by atoms with E-state index >= 15 is 0 Å².